The number of carbonyl (C=O) groups is 1. The van der Waals surface area contributed by atoms with Crippen LogP contribution in [0, 0.1) is 5.92 Å². The Labute approximate surface area is 132 Å². The SMILES string of the molecule is CCNCC1CCN(C(=O)c2cnccn2)CC1.Cl.Cl. The maximum atomic E-state index is 12.1. The number of hydrogen-bond donors (Lipinski definition) is 1. The van der Waals surface area contributed by atoms with Crippen LogP contribution >= 0.6 is 24.8 Å². The standard InChI is InChI=1S/C13H20N4O.2ClH/c1-2-14-9-11-3-7-17(8-4-11)13(18)12-10-15-5-6-16-12;;/h5-6,10-11,14H,2-4,7-9H2,1H3;2*1H. The molecule has 1 aliphatic rings. The van der Waals surface area contributed by atoms with Crippen LogP contribution in [-0.2, 0) is 0 Å². The summed E-state index contributed by atoms with van der Waals surface area (Å²) in [6.07, 6.45) is 6.82. The van der Waals surface area contributed by atoms with Crippen LogP contribution < -0.4 is 5.32 Å². The highest BCUT2D eigenvalue weighted by molar-refractivity contribution is 5.92. The van der Waals surface area contributed by atoms with Crippen LogP contribution in [0.1, 0.15) is 30.3 Å². The van der Waals surface area contributed by atoms with Gasteiger partial charge >= 0.3 is 0 Å². The van der Waals surface area contributed by atoms with Gasteiger partial charge < -0.3 is 10.2 Å². The highest BCUT2D eigenvalue weighted by Gasteiger charge is 2.23. The molecule has 2 heterocycles. The molecule has 114 valence electrons. The molecule has 1 aliphatic heterocycles. The molecule has 0 bridgehead atoms. The Morgan fingerprint density at radius 3 is 2.60 bits per heavy atom. The second kappa shape index (κ2) is 9.91. The van der Waals surface area contributed by atoms with Crippen molar-refractivity contribution in [3.05, 3.63) is 24.3 Å². The Bertz CT molecular complexity index is 383. The second-order valence-corrected chi connectivity index (χ2v) is 4.63. The fraction of sp³-hybridized carbons (Fsp3) is 0.615. The van der Waals surface area contributed by atoms with Crippen LogP contribution in [-0.4, -0.2) is 47.0 Å². The van der Waals surface area contributed by atoms with Gasteiger partial charge in [-0.1, -0.05) is 6.92 Å². The number of rotatable bonds is 4. The topological polar surface area (TPSA) is 58.1 Å². The molecule has 0 saturated carbocycles. The van der Waals surface area contributed by atoms with Gasteiger partial charge in [0, 0.05) is 25.5 Å². The third kappa shape index (κ3) is 5.23. The summed E-state index contributed by atoms with van der Waals surface area (Å²) >= 11 is 0. The van der Waals surface area contributed by atoms with Gasteiger partial charge in [0.25, 0.3) is 5.91 Å². The average Bonchev–Trinajstić information content (AvgIpc) is 2.46. The maximum absolute atomic E-state index is 12.1. The summed E-state index contributed by atoms with van der Waals surface area (Å²) in [6, 6.07) is 0. The molecule has 1 fully saturated rings. The van der Waals surface area contributed by atoms with Crippen molar-refractivity contribution in [3.63, 3.8) is 0 Å². The van der Waals surface area contributed by atoms with Crippen molar-refractivity contribution >= 4 is 30.7 Å². The largest absolute Gasteiger partial charge is 0.337 e. The molecule has 5 nitrogen and oxygen atoms in total. The molecule has 1 saturated heterocycles. The summed E-state index contributed by atoms with van der Waals surface area (Å²) in [5.74, 6) is 0.695. The van der Waals surface area contributed by atoms with Crippen molar-refractivity contribution in [2.24, 2.45) is 5.92 Å². The third-order valence-corrected chi connectivity index (χ3v) is 3.37. The number of hydrogen-bond acceptors (Lipinski definition) is 4. The molecular formula is C13H22Cl2N4O. The summed E-state index contributed by atoms with van der Waals surface area (Å²) in [5, 5.41) is 3.37. The van der Waals surface area contributed by atoms with Crippen LogP contribution in [0.5, 0.6) is 0 Å². The van der Waals surface area contributed by atoms with Gasteiger partial charge in [-0.3, -0.25) is 9.78 Å². The van der Waals surface area contributed by atoms with E-state index in [1.165, 1.54) is 6.20 Å². The zero-order valence-electron chi connectivity index (χ0n) is 11.6. The van der Waals surface area contributed by atoms with E-state index in [0.29, 0.717) is 11.6 Å². The predicted molar refractivity (Wildman–Crippen MR) is 83.7 cm³/mol. The van der Waals surface area contributed by atoms with E-state index >= 15 is 0 Å². The van der Waals surface area contributed by atoms with Gasteiger partial charge in [-0.25, -0.2) is 4.98 Å². The van der Waals surface area contributed by atoms with Gasteiger partial charge in [0.2, 0.25) is 0 Å². The molecular weight excluding hydrogens is 299 g/mol. The van der Waals surface area contributed by atoms with Crippen molar-refractivity contribution in [3.8, 4) is 0 Å². The van der Waals surface area contributed by atoms with Crippen molar-refractivity contribution < 1.29 is 4.79 Å². The van der Waals surface area contributed by atoms with Crippen molar-refractivity contribution in [2.45, 2.75) is 19.8 Å². The zero-order chi connectivity index (χ0) is 12.8. The first kappa shape index (κ1) is 19.1. The van der Waals surface area contributed by atoms with Crippen LogP contribution in [0.4, 0.5) is 0 Å². The quantitative estimate of drug-likeness (QED) is 0.918. The summed E-state index contributed by atoms with van der Waals surface area (Å²) in [4.78, 5) is 22.0. The lowest BCUT2D eigenvalue weighted by Crippen LogP contribution is -2.41. The molecule has 0 radical (unpaired) electrons. The van der Waals surface area contributed by atoms with Gasteiger partial charge in [0.05, 0.1) is 6.20 Å². The summed E-state index contributed by atoms with van der Waals surface area (Å²) in [7, 11) is 0. The Kier molecular flexibility index (Phi) is 9.46. The number of piperidine rings is 1. The maximum Gasteiger partial charge on any atom is 0.274 e. The lowest BCUT2D eigenvalue weighted by molar-refractivity contribution is 0.0684. The highest BCUT2D eigenvalue weighted by Crippen LogP contribution is 2.17. The van der Waals surface area contributed by atoms with Crippen molar-refractivity contribution in [1.29, 1.82) is 0 Å². The Morgan fingerprint density at radius 1 is 1.35 bits per heavy atom. The van der Waals surface area contributed by atoms with E-state index in [4.69, 9.17) is 0 Å². The lowest BCUT2D eigenvalue weighted by atomic mass is 9.96. The number of nitrogens with one attached hydrogen (secondary N) is 1. The van der Waals surface area contributed by atoms with E-state index < -0.39 is 0 Å². The van der Waals surface area contributed by atoms with Crippen molar-refractivity contribution in [1.82, 2.24) is 20.2 Å². The highest BCUT2D eigenvalue weighted by atomic mass is 35.5. The van der Waals surface area contributed by atoms with Crippen LogP contribution in [0.2, 0.25) is 0 Å². The first-order valence-corrected chi connectivity index (χ1v) is 6.57. The van der Waals surface area contributed by atoms with Gasteiger partial charge in [-0.05, 0) is 31.8 Å². The average molecular weight is 321 g/mol. The Balaban J connectivity index is 0.00000180. The first-order valence-electron chi connectivity index (χ1n) is 6.57. The van der Waals surface area contributed by atoms with E-state index in [2.05, 4.69) is 22.2 Å². The summed E-state index contributed by atoms with van der Waals surface area (Å²) in [6.45, 7) is 5.84. The minimum Gasteiger partial charge on any atom is -0.337 e. The van der Waals surface area contributed by atoms with E-state index in [9.17, 15) is 4.79 Å². The number of nitrogens with zero attached hydrogens (tertiary/aromatic N) is 3. The third-order valence-electron chi connectivity index (χ3n) is 3.37. The number of likely N-dealkylation sites (tertiary alicyclic amines) is 1. The minimum atomic E-state index is 0. The molecule has 0 atom stereocenters. The van der Waals surface area contributed by atoms with Gasteiger partial charge in [-0.2, -0.15) is 0 Å². The molecule has 0 unspecified atom stereocenters. The fourth-order valence-electron chi connectivity index (χ4n) is 2.26. The zero-order valence-corrected chi connectivity index (χ0v) is 13.3. The molecule has 1 N–H and O–H groups in total. The molecule has 0 spiro atoms. The summed E-state index contributed by atoms with van der Waals surface area (Å²) < 4.78 is 0. The van der Waals surface area contributed by atoms with Gasteiger partial charge in [-0.15, -0.1) is 24.8 Å². The number of aromatic nitrogens is 2. The Morgan fingerprint density at radius 2 is 2.05 bits per heavy atom. The minimum absolute atomic E-state index is 0. The monoisotopic (exact) mass is 320 g/mol. The molecule has 1 amide bonds. The molecule has 0 aromatic carbocycles. The van der Waals surface area contributed by atoms with E-state index in [1.807, 2.05) is 4.90 Å². The van der Waals surface area contributed by atoms with Crippen LogP contribution in [0.3, 0.4) is 0 Å². The van der Waals surface area contributed by atoms with Gasteiger partial charge in [0.15, 0.2) is 0 Å². The molecule has 1 aromatic rings. The predicted octanol–water partition coefficient (Wildman–Crippen LogP) is 1.78. The van der Waals surface area contributed by atoms with E-state index in [-0.39, 0.29) is 30.7 Å². The molecule has 7 heteroatoms. The second-order valence-electron chi connectivity index (χ2n) is 4.63. The van der Waals surface area contributed by atoms with Crippen LogP contribution in [0.25, 0.3) is 0 Å². The smallest absolute Gasteiger partial charge is 0.274 e. The molecule has 0 aliphatic carbocycles. The van der Waals surface area contributed by atoms with Crippen LogP contribution in [0.15, 0.2) is 18.6 Å². The van der Waals surface area contributed by atoms with Crippen molar-refractivity contribution in [2.75, 3.05) is 26.2 Å². The molecule has 2 rings (SSSR count). The first-order chi connectivity index (χ1) is 8.81. The fourth-order valence-corrected chi connectivity index (χ4v) is 2.26. The summed E-state index contributed by atoms with van der Waals surface area (Å²) in [5.41, 5.74) is 0.447. The number of halogens is 2. The lowest BCUT2D eigenvalue weighted by Gasteiger charge is -2.31. The van der Waals surface area contributed by atoms with E-state index in [1.54, 1.807) is 12.4 Å². The molecule has 1 aromatic heterocycles. The molecule has 20 heavy (non-hydrogen) atoms. The number of carbonyl (C=O) groups excluding carboxylic acids is 1. The van der Waals surface area contributed by atoms with E-state index in [0.717, 1.165) is 39.0 Å². The number of amides is 1. The Hall–Kier alpha value is -0.910. The van der Waals surface area contributed by atoms with Gasteiger partial charge in [0.1, 0.15) is 5.69 Å². The normalized spacial score (nSPS) is 15.2.